The summed E-state index contributed by atoms with van der Waals surface area (Å²) in [5.74, 6) is 0. The van der Waals surface area contributed by atoms with Crippen molar-refractivity contribution in [3.05, 3.63) is 71.0 Å². The van der Waals surface area contributed by atoms with Gasteiger partial charge in [0.05, 0.1) is 12.6 Å². The van der Waals surface area contributed by atoms with Crippen LogP contribution in [0.4, 0.5) is 5.69 Å². The van der Waals surface area contributed by atoms with E-state index < -0.39 is 0 Å². The van der Waals surface area contributed by atoms with Crippen molar-refractivity contribution >= 4 is 28.1 Å². The molecule has 0 bridgehead atoms. The van der Waals surface area contributed by atoms with Crippen LogP contribution >= 0.6 is 11.6 Å². The van der Waals surface area contributed by atoms with Gasteiger partial charge in [-0.15, -0.1) is 0 Å². The Morgan fingerprint density at radius 3 is 2.65 bits per heavy atom. The highest BCUT2D eigenvalue weighted by Gasteiger charge is 2.11. The fourth-order valence-electron chi connectivity index (χ4n) is 2.49. The third-order valence-electron chi connectivity index (χ3n) is 3.67. The monoisotopic (exact) mass is 323 g/mol. The van der Waals surface area contributed by atoms with Gasteiger partial charge in [0.15, 0.2) is 0 Å². The molecule has 1 atom stereocenters. The molecular formula is C18H14ClN3O. The number of aliphatic hydroxyl groups excluding tert-OH is 1. The second-order valence-electron chi connectivity index (χ2n) is 5.14. The van der Waals surface area contributed by atoms with Crippen LogP contribution in [-0.2, 0) is 0 Å². The zero-order chi connectivity index (χ0) is 16.2. The van der Waals surface area contributed by atoms with Crippen LogP contribution in [0.2, 0.25) is 5.02 Å². The van der Waals surface area contributed by atoms with Gasteiger partial charge in [0.1, 0.15) is 11.8 Å². The van der Waals surface area contributed by atoms with Crippen molar-refractivity contribution in [2.75, 3.05) is 11.9 Å². The van der Waals surface area contributed by atoms with E-state index in [2.05, 4.69) is 16.4 Å². The Balaban J connectivity index is 1.91. The Hall–Kier alpha value is -2.61. The first kappa shape index (κ1) is 15.3. The van der Waals surface area contributed by atoms with Gasteiger partial charge in [-0.1, -0.05) is 23.7 Å². The number of pyridine rings is 1. The molecule has 0 spiro atoms. The summed E-state index contributed by atoms with van der Waals surface area (Å²) in [6, 6.07) is 16.8. The second kappa shape index (κ2) is 6.66. The van der Waals surface area contributed by atoms with Gasteiger partial charge in [-0.05, 0) is 47.3 Å². The standard InChI is InChI=1S/C18H14ClN3O/c19-14-3-1-12(2-4-14)18(11-23)22-15-5-6-16-13(9-15)7-8-21-17(16)10-20/h1-9,18,22-23H,11H2/t18-/m0/s1. The lowest BCUT2D eigenvalue weighted by Gasteiger charge is -2.18. The number of halogens is 1. The third-order valence-corrected chi connectivity index (χ3v) is 3.92. The molecule has 0 aliphatic rings. The number of fused-ring (bicyclic) bond motifs is 1. The maximum atomic E-state index is 9.66. The fraction of sp³-hybridized carbons (Fsp3) is 0.111. The summed E-state index contributed by atoms with van der Waals surface area (Å²) in [6.45, 7) is -0.0422. The Labute approximate surface area is 139 Å². The summed E-state index contributed by atoms with van der Waals surface area (Å²) in [6.07, 6.45) is 1.62. The number of aromatic nitrogens is 1. The van der Waals surface area contributed by atoms with Gasteiger partial charge in [-0.25, -0.2) is 4.98 Å². The highest BCUT2D eigenvalue weighted by molar-refractivity contribution is 6.30. The van der Waals surface area contributed by atoms with Gasteiger partial charge in [0.25, 0.3) is 0 Å². The first-order valence-electron chi connectivity index (χ1n) is 7.13. The van der Waals surface area contributed by atoms with Crippen LogP contribution < -0.4 is 5.32 Å². The molecule has 3 aromatic rings. The minimum Gasteiger partial charge on any atom is -0.394 e. The number of nitrogens with one attached hydrogen (secondary N) is 1. The summed E-state index contributed by atoms with van der Waals surface area (Å²) < 4.78 is 0. The van der Waals surface area contributed by atoms with Crippen LogP contribution in [0.25, 0.3) is 10.8 Å². The smallest absolute Gasteiger partial charge is 0.148 e. The summed E-state index contributed by atoms with van der Waals surface area (Å²) in [5.41, 5.74) is 2.22. The van der Waals surface area contributed by atoms with Crippen LogP contribution in [0.15, 0.2) is 54.7 Å². The maximum Gasteiger partial charge on any atom is 0.148 e. The third kappa shape index (κ3) is 3.26. The lowest BCUT2D eigenvalue weighted by molar-refractivity contribution is 0.276. The van der Waals surface area contributed by atoms with Crippen LogP contribution in [0.3, 0.4) is 0 Å². The molecule has 0 radical (unpaired) electrons. The number of hydrogen-bond donors (Lipinski definition) is 2. The molecule has 2 aromatic carbocycles. The van der Waals surface area contributed by atoms with Crippen LogP contribution in [-0.4, -0.2) is 16.7 Å². The van der Waals surface area contributed by atoms with Crippen molar-refractivity contribution in [1.29, 1.82) is 5.26 Å². The number of hydrogen-bond acceptors (Lipinski definition) is 4. The van der Waals surface area contributed by atoms with E-state index in [0.29, 0.717) is 10.7 Å². The predicted molar refractivity (Wildman–Crippen MR) is 91.4 cm³/mol. The van der Waals surface area contributed by atoms with E-state index >= 15 is 0 Å². The van der Waals surface area contributed by atoms with Crippen molar-refractivity contribution in [2.24, 2.45) is 0 Å². The van der Waals surface area contributed by atoms with E-state index in [9.17, 15) is 5.11 Å². The zero-order valence-corrected chi connectivity index (χ0v) is 13.0. The van der Waals surface area contributed by atoms with Gasteiger partial charge in [0, 0.05) is 22.3 Å². The van der Waals surface area contributed by atoms with Gasteiger partial charge >= 0.3 is 0 Å². The van der Waals surface area contributed by atoms with E-state index in [1.165, 1.54) is 0 Å². The molecule has 4 nitrogen and oxygen atoms in total. The largest absolute Gasteiger partial charge is 0.394 e. The molecule has 2 N–H and O–H groups in total. The number of anilines is 1. The van der Waals surface area contributed by atoms with Crippen LogP contribution in [0.5, 0.6) is 0 Å². The molecule has 0 saturated heterocycles. The Bertz CT molecular complexity index is 872. The molecule has 1 heterocycles. The number of nitriles is 1. The molecule has 114 valence electrons. The molecule has 0 unspecified atom stereocenters. The Kier molecular flexibility index (Phi) is 4.42. The van der Waals surface area contributed by atoms with Crippen molar-refractivity contribution in [3.63, 3.8) is 0 Å². The molecule has 23 heavy (non-hydrogen) atoms. The summed E-state index contributed by atoms with van der Waals surface area (Å²) >= 11 is 5.90. The topological polar surface area (TPSA) is 68.9 Å². The van der Waals surface area contributed by atoms with Crippen molar-refractivity contribution in [3.8, 4) is 6.07 Å². The lowest BCUT2D eigenvalue weighted by atomic mass is 10.1. The number of rotatable bonds is 4. The average Bonchev–Trinajstić information content (AvgIpc) is 2.59. The van der Waals surface area contributed by atoms with E-state index in [1.54, 1.807) is 18.3 Å². The highest BCUT2D eigenvalue weighted by Crippen LogP contribution is 2.25. The SMILES string of the molecule is N#Cc1nccc2cc(N[C@@H](CO)c3ccc(Cl)cc3)ccc12. The molecule has 1 aromatic heterocycles. The Morgan fingerprint density at radius 1 is 1.17 bits per heavy atom. The first-order valence-corrected chi connectivity index (χ1v) is 7.51. The van der Waals surface area contributed by atoms with E-state index in [1.807, 2.05) is 36.4 Å². The molecule has 5 heteroatoms. The van der Waals surface area contributed by atoms with Crippen molar-refractivity contribution in [1.82, 2.24) is 4.98 Å². The van der Waals surface area contributed by atoms with Crippen molar-refractivity contribution < 1.29 is 5.11 Å². The molecule has 0 fully saturated rings. The quantitative estimate of drug-likeness (QED) is 0.764. The van der Waals surface area contributed by atoms with E-state index in [-0.39, 0.29) is 12.6 Å². The Morgan fingerprint density at radius 2 is 1.96 bits per heavy atom. The molecule has 0 aliphatic heterocycles. The molecule has 0 aliphatic carbocycles. The predicted octanol–water partition coefficient (Wildman–Crippen LogP) is 3.91. The second-order valence-corrected chi connectivity index (χ2v) is 5.57. The summed E-state index contributed by atoms with van der Waals surface area (Å²) in [7, 11) is 0. The van der Waals surface area contributed by atoms with Gasteiger partial charge in [0.2, 0.25) is 0 Å². The number of aliphatic hydroxyl groups is 1. The zero-order valence-electron chi connectivity index (χ0n) is 12.2. The molecule has 0 saturated carbocycles. The number of nitrogens with zero attached hydrogens (tertiary/aromatic N) is 2. The fourth-order valence-corrected chi connectivity index (χ4v) is 2.61. The molecular weight excluding hydrogens is 310 g/mol. The molecule has 0 amide bonds. The maximum absolute atomic E-state index is 9.66. The minimum absolute atomic E-state index is 0.0422. The van der Waals surface area contributed by atoms with Gasteiger partial charge in [-0.2, -0.15) is 5.26 Å². The van der Waals surface area contributed by atoms with Crippen molar-refractivity contribution in [2.45, 2.75) is 6.04 Å². The number of benzene rings is 2. The average molecular weight is 324 g/mol. The summed E-state index contributed by atoms with van der Waals surface area (Å²) in [4.78, 5) is 4.05. The van der Waals surface area contributed by atoms with E-state index in [0.717, 1.165) is 22.0 Å². The normalized spacial score (nSPS) is 11.9. The van der Waals surface area contributed by atoms with Crippen LogP contribution in [0, 0.1) is 11.3 Å². The minimum atomic E-state index is -0.234. The van der Waals surface area contributed by atoms with Gasteiger partial charge < -0.3 is 10.4 Å². The molecule has 3 rings (SSSR count). The van der Waals surface area contributed by atoms with Gasteiger partial charge in [-0.3, -0.25) is 0 Å². The highest BCUT2D eigenvalue weighted by atomic mass is 35.5. The van der Waals surface area contributed by atoms with E-state index in [4.69, 9.17) is 16.9 Å². The lowest BCUT2D eigenvalue weighted by Crippen LogP contribution is -2.14. The first-order chi connectivity index (χ1) is 11.2. The summed E-state index contributed by atoms with van der Waals surface area (Å²) in [5, 5.41) is 24.4. The van der Waals surface area contributed by atoms with Crippen LogP contribution in [0.1, 0.15) is 17.3 Å².